The molecule has 2 aromatic carbocycles. The lowest BCUT2D eigenvalue weighted by atomic mass is 10.1. The first-order valence-electron chi connectivity index (χ1n) is 7.04. The number of benzene rings is 2. The van der Waals surface area contributed by atoms with Crippen molar-refractivity contribution in [2.45, 2.75) is 0 Å². The number of carbonyl (C=O) groups is 1. The Kier molecular flexibility index (Phi) is 4.28. The molecular formula is C18H13BrN2O3. The van der Waals surface area contributed by atoms with E-state index >= 15 is 0 Å². The molecule has 0 atom stereocenters. The minimum absolute atomic E-state index is 0.399. The fourth-order valence-electron chi connectivity index (χ4n) is 2.57. The van der Waals surface area contributed by atoms with Gasteiger partial charge < -0.3 is 14.0 Å². The normalized spacial score (nSPS) is 10.4. The molecule has 3 aromatic rings. The summed E-state index contributed by atoms with van der Waals surface area (Å²) in [5.41, 5.74) is 2.51. The molecule has 0 radical (unpaired) electrons. The molecule has 0 saturated heterocycles. The average Bonchev–Trinajstić information content (AvgIpc) is 2.96. The molecule has 0 N–H and O–H groups in total. The van der Waals surface area contributed by atoms with Gasteiger partial charge in [0.15, 0.2) is 5.69 Å². The Hall–Kier alpha value is -2.78. The fraction of sp³-hybridized carbons (Fsp3) is 0.111. The summed E-state index contributed by atoms with van der Waals surface area (Å²) in [5, 5.41) is 0.898. The van der Waals surface area contributed by atoms with Gasteiger partial charge in [-0.05, 0) is 46.3 Å². The molecule has 5 nitrogen and oxygen atoms in total. The molecule has 0 unspecified atom stereocenters. The molecule has 120 valence electrons. The van der Waals surface area contributed by atoms with Gasteiger partial charge in [-0.1, -0.05) is 6.07 Å². The van der Waals surface area contributed by atoms with Crippen LogP contribution in [0.15, 0.2) is 47.1 Å². The SMILES string of the molecule is [C-]#[N+]c1ccc2c(c1)c(Br)cn2-c1ccc(OC)cc1C(=O)OC. The van der Waals surface area contributed by atoms with Crippen LogP contribution in [0.3, 0.4) is 0 Å². The van der Waals surface area contributed by atoms with E-state index in [1.54, 1.807) is 31.4 Å². The summed E-state index contributed by atoms with van der Waals surface area (Å²) in [4.78, 5) is 15.6. The minimum atomic E-state index is -0.445. The van der Waals surface area contributed by atoms with Crippen LogP contribution >= 0.6 is 15.9 Å². The average molecular weight is 385 g/mol. The van der Waals surface area contributed by atoms with Crippen molar-refractivity contribution in [2.24, 2.45) is 0 Å². The number of aromatic nitrogens is 1. The lowest BCUT2D eigenvalue weighted by Gasteiger charge is -2.12. The van der Waals surface area contributed by atoms with E-state index in [9.17, 15) is 4.79 Å². The maximum absolute atomic E-state index is 12.2. The maximum Gasteiger partial charge on any atom is 0.340 e. The number of halogens is 1. The predicted octanol–water partition coefficient (Wildman–Crippen LogP) is 4.74. The van der Waals surface area contributed by atoms with Gasteiger partial charge in [0, 0.05) is 16.1 Å². The van der Waals surface area contributed by atoms with Crippen LogP contribution in [-0.4, -0.2) is 24.8 Å². The van der Waals surface area contributed by atoms with Gasteiger partial charge in [0.05, 0.1) is 37.6 Å². The maximum atomic E-state index is 12.2. The smallest absolute Gasteiger partial charge is 0.340 e. The highest BCUT2D eigenvalue weighted by Crippen LogP contribution is 2.33. The quantitative estimate of drug-likeness (QED) is 0.483. The molecule has 0 saturated carbocycles. The molecule has 3 rings (SSSR count). The second-order valence-corrected chi connectivity index (χ2v) is 5.89. The molecule has 0 fully saturated rings. The van der Waals surface area contributed by atoms with Crippen LogP contribution in [0.1, 0.15) is 10.4 Å². The van der Waals surface area contributed by atoms with E-state index in [1.807, 2.05) is 22.9 Å². The van der Waals surface area contributed by atoms with Crippen LogP contribution in [0, 0.1) is 6.57 Å². The third-order valence-corrected chi connectivity index (χ3v) is 4.37. The Labute approximate surface area is 147 Å². The zero-order chi connectivity index (χ0) is 17.3. The Bertz CT molecular complexity index is 986. The predicted molar refractivity (Wildman–Crippen MR) is 95.1 cm³/mol. The van der Waals surface area contributed by atoms with Gasteiger partial charge in [-0.3, -0.25) is 0 Å². The number of ether oxygens (including phenoxy) is 2. The standard InChI is InChI=1S/C18H13BrN2O3/c1-20-11-4-6-16-13(8-11)15(19)10-21(16)17-7-5-12(23-2)9-14(17)18(22)24-3/h4-10H,2-3H3. The minimum Gasteiger partial charge on any atom is -0.497 e. The summed E-state index contributed by atoms with van der Waals surface area (Å²) < 4.78 is 12.8. The van der Waals surface area contributed by atoms with E-state index in [0.29, 0.717) is 22.7 Å². The summed E-state index contributed by atoms with van der Waals surface area (Å²) in [6, 6.07) is 10.7. The Morgan fingerprint density at radius 3 is 2.67 bits per heavy atom. The van der Waals surface area contributed by atoms with Crippen molar-refractivity contribution in [2.75, 3.05) is 14.2 Å². The molecule has 0 aliphatic rings. The van der Waals surface area contributed by atoms with Gasteiger partial charge in [0.1, 0.15) is 5.75 Å². The lowest BCUT2D eigenvalue weighted by Crippen LogP contribution is -2.07. The van der Waals surface area contributed by atoms with Crippen molar-refractivity contribution >= 4 is 38.5 Å². The summed E-state index contributed by atoms with van der Waals surface area (Å²) in [7, 11) is 2.89. The second-order valence-electron chi connectivity index (χ2n) is 5.03. The number of hydrogen-bond acceptors (Lipinski definition) is 3. The van der Waals surface area contributed by atoms with E-state index in [-0.39, 0.29) is 0 Å². The molecule has 0 amide bonds. The summed E-state index contributed by atoms with van der Waals surface area (Å²) >= 11 is 3.52. The third-order valence-electron chi connectivity index (χ3n) is 3.74. The number of carbonyl (C=O) groups excluding carboxylic acids is 1. The number of rotatable bonds is 3. The Morgan fingerprint density at radius 2 is 2.00 bits per heavy atom. The van der Waals surface area contributed by atoms with Gasteiger partial charge in [-0.2, -0.15) is 0 Å². The van der Waals surface area contributed by atoms with Gasteiger partial charge in [0.25, 0.3) is 0 Å². The molecule has 0 aliphatic heterocycles. The molecule has 1 aromatic heterocycles. The van der Waals surface area contributed by atoms with Crippen LogP contribution in [0.4, 0.5) is 5.69 Å². The first kappa shape index (κ1) is 16.1. The van der Waals surface area contributed by atoms with Gasteiger partial charge in [0.2, 0.25) is 0 Å². The highest BCUT2D eigenvalue weighted by molar-refractivity contribution is 9.10. The largest absolute Gasteiger partial charge is 0.497 e. The van der Waals surface area contributed by atoms with Crippen LogP contribution in [0.5, 0.6) is 5.75 Å². The molecule has 6 heteroatoms. The zero-order valence-electron chi connectivity index (χ0n) is 13.0. The zero-order valence-corrected chi connectivity index (χ0v) is 14.6. The van der Waals surface area contributed by atoms with Crippen LogP contribution in [0.2, 0.25) is 0 Å². The molecule has 24 heavy (non-hydrogen) atoms. The van der Waals surface area contributed by atoms with Crippen molar-refractivity contribution < 1.29 is 14.3 Å². The van der Waals surface area contributed by atoms with Crippen molar-refractivity contribution in [3.63, 3.8) is 0 Å². The van der Waals surface area contributed by atoms with Gasteiger partial charge in [-0.15, -0.1) is 0 Å². The first-order valence-corrected chi connectivity index (χ1v) is 7.83. The van der Waals surface area contributed by atoms with E-state index in [1.165, 1.54) is 7.11 Å². The van der Waals surface area contributed by atoms with Crippen LogP contribution < -0.4 is 4.74 Å². The van der Waals surface area contributed by atoms with Crippen LogP contribution in [0.25, 0.3) is 21.4 Å². The number of hydrogen-bond donors (Lipinski definition) is 0. The van der Waals surface area contributed by atoms with Crippen molar-refractivity contribution in [1.82, 2.24) is 4.57 Å². The monoisotopic (exact) mass is 384 g/mol. The van der Waals surface area contributed by atoms with Crippen molar-refractivity contribution in [3.8, 4) is 11.4 Å². The number of fused-ring (bicyclic) bond motifs is 1. The van der Waals surface area contributed by atoms with E-state index in [4.69, 9.17) is 16.0 Å². The first-order chi connectivity index (χ1) is 11.6. The van der Waals surface area contributed by atoms with E-state index in [2.05, 4.69) is 20.8 Å². The third kappa shape index (κ3) is 2.63. The number of esters is 1. The molecular weight excluding hydrogens is 372 g/mol. The summed E-state index contributed by atoms with van der Waals surface area (Å²) in [6.07, 6.45) is 1.87. The molecule has 0 aliphatic carbocycles. The summed E-state index contributed by atoms with van der Waals surface area (Å²) in [5.74, 6) is 0.129. The summed E-state index contributed by atoms with van der Waals surface area (Å²) in [6.45, 7) is 7.15. The highest BCUT2D eigenvalue weighted by atomic mass is 79.9. The Morgan fingerprint density at radius 1 is 1.21 bits per heavy atom. The van der Waals surface area contributed by atoms with Gasteiger partial charge in [-0.25, -0.2) is 9.64 Å². The highest BCUT2D eigenvalue weighted by Gasteiger charge is 2.17. The van der Waals surface area contributed by atoms with Crippen molar-refractivity contribution in [1.29, 1.82) is 0 Å². The second kappa shape index (κ2) is 6.38. The fourth-order valence-corrected chi connectivity index (χ4v) is 3.09. The van der Waals surface area contributed by atoms with E-state index < -0.39 is 5.97 Å². The lowest BCUT2D eigenvalue weighted by molar-refractivity contribution is 0.0600. The Balaban J connectivity index is 2.28. The van der Waals surface area contributed by atoms with Gasteiger partial charge >= 0.3 is 5.97 Å². The van der Waals surface area contributed by atoms with Crippen LogP contribution in [-0.2, 0) is 4.74 Å². The number of methoxy groups -OCH3 is 2. The number of nitrogens with zero attached hydrogens (tertiary/aromatic N) is 2. The molecule has 0 spiro atoms. The van der Waals surface area contributed by atoms with E-state index in [0.717, 1.165) is 15.4 Å². The topological polar surface area (TPSA) is 44.8 Å². The molecule has 1 heterocycles. The van der Waals surface area contributed by atoms with Crippen molar-refractivity contribution in [3.05, 3.63) is 64.0 Å². The molecule has 0 bridgehead atoms.